The van der Waals surface area contributed by atoms with Crippen molar-refractivity contribution < 1.29 is 24.9 Å². The molecule has 1 aliphatic heterocycles. The van der Waals surface area contributed by atoms with Gasteiger partial charge in [-0.2, -0.15) is 0 Å². The Morgan fingerprint density at radius 1 is 0.974 bits per heavy atom. The third kappa shape index (κ3) is 5.85. The number of phenolic OH excluding ortho intramolecular Hbond substituents is 2. The van der Waals surface area contributed by atoms with Crippen LogP contribution >= 0.6 is 11.3 Å². The quantitative estimate of drug-likeness (QED) is 0.244. The van der Waals surface area contributed by atoms with Gasteiger partial charge in [-0.15, -0.1) is 11.3 Å². The average molecular weight is 532 g/mol. The molecule has 0 amide bonds. The molecule has 1 aliphatic rings. The van der Waals surface area contributed by atoms with Gasteiger partial charge in [0.15, 0.2) is 5.78 Å². The van der Waals surface area contributed by atoms with Gasteiger partial charge in [0, 0.05) is 45.7 Å². The van der Waals surface area contributed by atoms with Crippen LogP contribution in [0.2, 0.25) is 0 Å². The van der Waals surface area contributed by atoms with Gasteiger partial charge in [-0.05, 0) is 90.6 Å². The van der Waals surface area contributed by atoms with Gasteiger partial charge in [0.2, 0.25) is 0 Å². The predicted molar refractivity (Wildman–Crippen MR) is 151 cm³/mol. The number of hydrogen-bond donors (Lipinski definition) is 3. The van der Waals surface area contributed by atoms with Crippen LogP contribution in [0.15, 0.2) is 66.7 Å². The van der Waals surface area contributed by atoms with Crippen LogP contribution in [0.4, 0.5) is 0 Å². The van der Waals surface area contributed by atoms with Gasteiger partial charge < -0.3 is 25.0 Å². The molecule has 3 unspecified atom stereocenters. The van der Waals surface area contributed by atoms with Crippen LogP contribution in [0.5, 0.6) is 17.2 Å². The molecule has 1 fully saturated rings. The first-order chi connectivity index (χ1) is 18.3. The van der Waals surface area contributed by atoms with E-state index in [0.29, 0.717) is 35.3 Å². The highest BCUT2D eigenvalue weighted by Crippen LogP contribution is 2.41. The smallest absolute Gasteiger partial charge is 0.195 e. The SMILES string of the molecule is CC1CC(C)CN(CC(O)COc2ccc(C(=O)c3c(-c4ccc(O)cc4)sc4cc(O)ccc34)cc2)C1. The van der Waals surface area contributed by atoms with Crippen molar-refractivity contribution in [2.75, 3.05) is 26.2 Å². The van der Waals surface area contributed by atoms with E-state index < -0.39 is 6.10 Å². The summed E-state index contributed by atoms with van der Waals surface area (Å²) in [5.41, 5.74) is 1.89. The minimum Gasteiger partial charge on any atom is -0.508 e. The number of nitrogens with zero attached hydrogens (tertiary/aromatic N) is 1. The molecule has 5 rings (SSSR count). The number of likely N-dealkylation sites (tertiary alicyclic amines) is 1. The highest BCUT2D eigenvalue weighted by molar-refractivity contribution is 7.22. The van der Waals surface area contributed by atoms with E-state index in [-0.39, 0.29) is 23.9 Å². The largest absolute Gasteiger partial charge is 0.508 e. The normalized spacial score (nSPS) is 18.9. The Balaban J connectivity index is 1.31. The van der Waals surface area contributed by atoms with E-state index >= 15 is 0 Å². The zero-order valence-electron chi connectivity index (χ0n) is 21.6. The van der Waals surface area contributed by atoms with E-state index in [1.807, 2.05) is 0 Å². The molecule has 1 aromatic heterocycles. The Morgan fingerprint density at radius 2 is 1.63 bits per heavy atom. The number of β-amino-alcohol motifs (C(OH)–C–C–N with tert-alkyl or cyclic N) is 1. The molecule has 0 radical (unpaired) electrons. The number of carbonyl (C=O) groups is 1. The zero-order valence-corrected chi connectivity index (χ0v) is 22.4. The lowest BCUT2D eigenvalue weighted by atomic mass is 9.92. The fourth-order valence-corrected chi connectivity index (χ4v) is 6.70. The van der Waals surface area contributed by atoms with Crippen LogP contribution in [-0.4, -0.2) is 58.3 Å². The molecule has 6 nitrogen and oxygen atoms in total. The monoisotopic (exact) mass is 531 g/mol. The van der Waals surface area contributed by atoms with Gasteiger partial charge in [0.1, 0.15) is 30.0 Å². The summed E-state index contributed by atoms with van der Waals surface area (Å²) < 4.78 is 6.65. The number of aromatic hydroxyl groups is 2. The van der Waals surface area contributed by atoms with Crippen LogP contribution in [0.3, 0.4) is 0 Å². The van der Waals surface area contributed by atoms with Crippen molar-refractivity contribution >= 4 is 27.2 Å². The summed E-state index contributed by atoms with van der Waals surface area (Å²) in [6.45, 7) is 7.29. The van der Waals surface area contributed by atoms with Gasteiger partial charge in [-0.25, -0.2) is 0 Å². The number of aliphatic hydroxyl groups is 1. The maximum Gasteiger partial charge on any atom is 0.195 e. The minimum atomic E-state index is -0.588. The van der Waals surface area contributed by atoms with E-state index in [0.717, 1.165) is 33.6 Å². The van der Waals surface area contributed by atoms with Gasteiger partial charge in [-0.1, -0.05) is 13.8 Å². The maximum atomic E-state index is 13.7. The molecule has 3 aromatic carbocycles. The number of thiophene rings is 1. The first-order valence-electron chi connectivity index (χ1n) is 13.0. The van der Waals surface area contributed by atoms with E-state index in [4.69, 9.17) is 4.74 Å². The summed E-state index contributed by atoms with van der Waals surface area (Å²) in [6, 6.07) is 18.8. The number of phenols is 2. The number of rotatable bonds is 8. The number of piperidine rings is 1. The fourth-order valence-electron chi connectivity index (χ4n) is 5.46. The number of benzene rings is 3. The van der Waals surface area contributed by atoms with Crippen LogP contribution < -0.4 is 4.74 Å². The van der Waals surface area contributed by atoms with Crippen LogP contribution in [0.25, 0.3) is 20.5 Å². The Kier molecular flexibility index (Phi) is 7.70. The Hall–Kier alpha value is -3.39. The van der Waals surface area contributed by atoms with E-state index in [1.54, 1.807) is 66.7 Å². The van der Waals surface area contributed by atoms with Crippen LogP contribution in [-0.2, 0) is 0 Å². The molecule has 2 heterocycles. The first-order valence-corrected chi connectivity index (χ1v) is 13.8. The van der Waals surface area contributed by atoms with Crippen LogP contribution in [0.1, 0.15) is 36.2 Å². The van der Waals surface area contributed by atoms with Crippen molar-refractivity contribution in [3.8, 4) is 27.7 Å². The number of fused-ring (bicyclic) bond motifs is 1. The molecule has 3 N–H and O–H groups in total. The summed E-state index contributed by atoms with van der Waals surface area (Å²) in [6.07, 6.45) is 0.643. The van der Waals surface area contributed by atoms with Crippen molar-refractivity contribution in [1.29, 1.82) is 0 Å². The first kappa shape index (κ1) is 26.2. The highest BCUT2D eigenvalue weighted by Gasteiger charge is 2.24. The summed E-state index contributed by atoms with van der Waals surface area (Å²) in [4.78, 5) is 16.8. The summed E-state index contributed by atoms with van der Waals surface area (Å²) >= 11 is 1.43. The van der Waals surface area contributed by atoms with Crippen molar-refractivity contribution in [1.82, 2.24) is 4.90 Å². The lowest BCUT2D eigenvalue weighted by Crippen LogP contribution is -2.43. The number of ketones is 1. The molecule has 198 valence electrons. The van der Waals surface area contributed by atoms with E-state index in [1.165, 1.54) is 17.8 Å². The van der Waals surface area contributed by atoms with Gasteiger partial charge >= 0.3 is 0 Å². The zero-order chi connectivity index (χ0) is 26.8. The van der Waals surface area contributed by atoms with Crippen molar-refractivity contribution in [3.63, 3.8) is 0 Å². The van der Waals surface area contributed by atoms with Crippen LogP contribution in [0, 0.1) is 11.8 Å². The number of aliphatic hydroxyl groups excluding tert-OH is 1. The lowest BCUT2D eigenvalue weighted by molar-refractivity contribution is 0.0429. The number of carbonyl (C=O) groups excluding carboxylic acids is 1. The fraction of sp³-hybridized carbons (Fsp3) is 0.323. The molecule has 3 atom stereocenters. The molecule has 0 aliphatic carbocycles. The van der Waals surface area contributed by atoms with Crippen molar-refractivity contribution in [2.24, 2.45) is 11.8 Å². The molecule has 4 aromatic rings. The molecule has 0 saturated carbocycles. The van der Waals surface area contributed by atoms with Gasteiger partial charge in [-0.3, -0.25) is 4.79 Å². The second-order valence-corrected chi connectivity index (χ2v) is 11.6. The molecule has 7 heteroatoms. The standard InChI is InChI=1S/C31H33NO5S/c1-19-13-20(2)16-32(15-19)17-25(35)18-37-26-10-5-21(6-11-26)30(36)29-27-12-9-24(34)14-28(27)38-31(29)22-3-7-23(33)8-4-22/h3-12,14,19-20,25,33-35H,13,15-18H2,1-2H3. The third-order valence-corrected chi connectivity index (χ3v) is 8.20. The van der Waals surface area contributed by atoms with Crippen molar-refractivity contribution in [3.05, 3.63) is 77.9 Å². The second-order valence-electron chi connectivity index (χ2n) is 10.5. The number of hydrogen-bond acceptors (Lipinski definition) is 7. The molecular formula is C31H33NO5S. The molecular weight excluding hydrogens is 498 g/mol. The van der Waals surface area contributed by atoms with Crippen molar-refractivity contribution in [2.45, 2.75) is 26.4 Å². The summed E-state index contributed by atoms with van der Waals surface area (Å²) in [5, 5.41) is 31.0. The van der Waals surface area contributed by atoms with Gasteiger partial charge in [0.25, 0.3) is 0 Å². The minimum absolute atomic E-state index is 0.134. The van der Waals surface area contributed by atoms with Gasteiger partial charge in [0.05, 0.1) is 0 Å². The average Bonchev–Trinajstić information content (AvgIpc) is 3.25. The molecule has 38 heavy (non-hydrogen) atoms. The highest BCUT2D eigenvalue weighted by atomic mass is 32.1. The Morgan fingerprint density at radius 3 is 2.32 bits per heavy atom. The Bertz CT molecular complexity index is 1400. The topological polar surface area (TPSA) is 90.2 Å². The molecule has 0 bridgehead atoms. The molecule has 0 spiro atoms. The maximum absolute atomic E-state index is 13.7. The second kappa shape index (κ2) is 11.2. The number of ether oxygens (including phenoxy) is 1. The van der Waals surface area contributed by atoms with E-state index in [2.05, 4.69) is 18.7 Å². The van der Waals surface area contributed by atoms with E-state index in [9.17, 15) is 20.1 Å². The predicted octanol–water partition coefficient (Wildman–Crippen LogP) is 5.93. The summed E-state index contributed by atoms with van der Waals surface area (Å²) in [5.74, 6) is 2.03. The Labute approximate surface area is 226 Å². The lowest BCUT2D eigenvalue weighted by Gasteiger charge is -2.35. The third-order valence-electron chi connectivity index (χ3n) is 7.00. The molecule has 1 saturated heterocycles. The summed E-state index contributed by atoms with van der Waals surface area (Å²) in [7, 11) is 0.